The zero-order valence-electron chi connectivity index (χ0n) is 18.3. The number of aromatic nitrogens is 2. The van der Waals surface area contributed by atoms with Crippen LogP contribution in [0, 0.1) is 6.92 Å². The molecule has 0 saturated heterocycles. The van der Waals surface area contributed by atoms with Crippen LogP contribution in [0.15, 0.2) is 91.1 Å². The van der Waals surface area contributed by atoms with Crippen molar-refractivity contribution in [1.82, 2.24) is 9.97 Å². The molecule has 0 aliphatic heterocycles. The van der Waals surface area contributed by atoms with Gasteiger partial charge in [-0.15, -0.1) is 0 Å². The van der Waals surface area contributed by atoms with E-state index in [1.165, 1.54) is 48.8 Å². The number of unbranched alkanes of at least 4 members (excludes halogenated alkanes) is 3. The molecule has 0 unspecified atom stereocenters. The minimum Gasteiger partial charge on any atom is -0.256 e. The summed E-state index contributed by atoms with van der Waals surface area (Å²) in [4.78, 5) is 9.29. The van der Waals surface area contributed by atoms with Gasteiger partial charge in [-0.2, -0.15) is 0 Å². The Balaban J connectivity index is 1.35. The second kappa shape index (κ2) is 10.7. The van der Waals surface area contributed by atoms with E-state index >= 15 is 0 Å². The molecular weight excluding hydrogens is 376 g/mol. The topological polar surface area (TPSA) is 25.8 Å². The third-order valence-corrected chi connectivity index (χ3v) is 5.66. The molecule has 0 spiro atoms. The number of rotatable bonds is 9. The molecule has 2 heterocycles. The van der Waals surface area contributed by atoms with E-state index in [0.717, 1.165) is 29.1 Å². The summed E-state index contributed by atoms with van der Waals surface area (Å²) >= 11 is 0. The molecule has 2 aromatic heterocycles. The average Bonchev–Trinajstić information content (AvgIpc) is 2.82. The molecule has 2 heteroatoms. The third kappa shape index (κ3) is 6.11. The molecule has 2 aromatic carbocycles. The SMILES string of the molecule is Cc1cc(-c2ccccn2)cc(-c2cccc(CCCCCCc3ccccc3)c2)n1. The standard InChI is InChI=1S/C29H30N2/c1-23-20-27(28-18-9-10-19-30-28)22-29(31-23)26-17-11-16-25(21-26)15-6-3-2-5-12-24-13-7-4-8-14-24/h4,7-11,13-14,16-22H,2-3,5-6,12,15H2,1H3. The first-order valence-electron chi connectivity index (χ1n) is 11.3. The Kier molecular flexibility index (Phi) is 7.23. The summed E-state index contributed by atoms with van der Waals surface area (Å²) in [7, 11) is 0. The molecule has 156 valence electrons. The number of hydrogen-bond donors (Lipinski definition) is 0. The molecule has 0 amide bonds. The van der Waals surface area contributed by atoms with Crippen molar-refractivity contribution in [3.05, 3.63) is 108 Å². The van der Waals surface area contributed by atoms with E-state index in [1.807, 2.05) is 24.4 Å². The van der Waals surface area contributed by atoms with Crippen LogP contribution >= 0.6 is 0 Å². The highest BCUT2D eigenvalue weighted by Crippen LogP contribution is 2.26. The summed E-state index contributed by atoms with van der Waals surface area (Å²) in [5, 5.41) is 0. The monoisotopic (exact) mass is 406 g/mol. The first-order chi connectivity index (χ1) is 15.3. The second-order valence-corrected chi connectivity index (χ2v) is 8.20. The second-order valence-electron chi connectivity index (χ2n) is 8.20. The van der Waals surface area contributed by atoms with Crippen molar-refractivity contribution in [1.29, 1.82) is 0 Å². The number of pyridine rings is 2. The van der Waals surface area contributed by atoms with E-state index in [9.17, 15) is 0 Å². The van der Waals surface area contributed by atoms with Crippen molar-refractivity contribution in [2.45, 2.75) is 45.4 Å². The predicted molar refractivity (Wildman–Crippen MR) is 130 cm³/mol. The van der Waals surface area contributed by atoms with Crippen LogP contribution in [-0.4, -0.2) is 9.97 Å². The van der Waals surface area contributed by atoms with E-state index in [2.05, 4.69) is 78.6 Å². The molecule has 31 heavy (non-hydrogen) atoms. The molecule has 4 rings (SSSR count). The number of nitrogens with zero attached hydrogens (tertiary/aromatic N) is 2. The molecule has 0 fully saturated rings. The van der Waals surface area contributed by atoms with Gasteiger partial charge in [-0.3, -0.25) is 9.97 Å². The summed E-state index contributed by atoms with van der Waals surface area (Å²) < 4.78 is 0. The van der Waals surface area contributed by atoms with Gasteiger partial charge in [0.05, 0.1) is 11.4 Å². The highest BCUT2D eigenvalue weighted by molar-refractivity contribution is 5.69. The largest absolute Gasteiger partial charge is 0.256 e. The van der Waals surface area contributed by atoms with Crippen LogP contribution < -0.4 is 0 Å². The minimum absolute atomic E-state index is 0.987. The minimum atomic E-state index is 0.987. The van der Waals surface area contributed by atoms with Crippen LogP contribution in [0.1, 0.15) is 42.5 Å². The van der Waals surface area contributed by atoms with Gasteiger partial charge >= 0.3 is 0 Å². The van der Waals surface area contributed by atoms with Gasteiger partial charge in [-0.05, 0) is 74.1 Å². The highest BCUT2D eigenvalue weighted by atomic mass is 14.7. The number of aryl methyl sites for hydroxylation is 3. The van der Waals surface area contributed by atoms with Crippen LogP contribution in [0.3, 0.4) is 0 Å². The first-order valence-corrected chi connectivity index (χ1v) is 11.3. The highest BCUT2D eigenvalue weighted by Gasteiger charge is 2.07. The lowest BCUT2D eigenvalue weighted by atomic mass is 10.00. The maximum Gasteiger partial charge on any atom is 0.0712 e. The summed E-state index contributed by atoms with van der Waals surface area (Å²) in [5.74, 6) is 0. The van der Waals surface area contributed by atoms with Crippen molar-refractivity contribution in [3.8, 4) is 22.5 Å². The number of benzene rings is 2. The van der Waals surface area contributed by atoms with E-state index in [-0.39, 0.29) is 0 Å². The molecule has 0 saturated carbocycles. The van der Waals surface area contributed by atoms with E-state index < -0.39 is 0 Å². The van der Waals surface area contributed by atoms with Crippen molar-refractivity contribution in [3.63, 3.8) is 0 Å². The normalized spacial score (nSPS) is 10.9. The lowest BCUT2D eigenvalue weighted by Crippen LogP contribution is -1.93. The van der Waals surface area contributed by atoms with E-state index in [1.54, 1.807) is 0 Å². The molecule has 0 atom stereocenters. The predicted octanol–water partition coefficient (Wildman–Crippen LogP) is 7.46. The van der Waals surface area contributed by atoms with Crippen molar-refractivity contribution in [2.24, 2.45) is 0 Å². The van der Waals surface area contributed by atoms with Gasteiger partial charge in [0.2, 0.25) is 0 Å². The zero-order chi connectivity index (χ0) is 21.3. The quantitative estimate of drug-likeness (QED) is 0.269. The maximum atomic E-state index is 4.79. The van der Waals surface area contributed by atoms with Gasteiger partial charge in [-0.25, -0.2) is 0 Å². The Labute approximate surface area is 186 Å². The average molecular weight is 407 g/mol. The maximum absolute atomic E-state index is 4.79. The van der Waals surface area contributed by atoms with Crippen LogP contribution in [0.25, 0.3) is 22.5 Å². The molecule has 0 aliphatic carbocycles. The third-order valence-electron chi connectivity index (χ3n) is 5.66. The molecule has 0 bridgehead atoms. The Morgan fingerprint density at radius 3 is 2.10 bits per heavy atom. The van der Waals surface area contributed by atoms with Crippen molar-refractivity contribution >= 4 is 0 Å². The lowest BCUT2D eigenvalue weighted by molar-refractivity contribution is 0.640. The van der Waals surface area contributed by atoms with Gasteiger partial charge in [0.1, 0.15) is 0 Å². The Bertz CT molecular complexity index is 1090. The lowest BCUT2D eigenvalue weighted by Gasteiger charge is -2.09. The van der Waals surface area contributed by atoms with Gasteiger partial charge in [0.25, 0.3) is 0 Å². The van der Waals surface area contributed by atoms with E-state index in [0.29, 0.717) is 0 Å². The fourth-order valence-corrected chi connectivity index (χ4v) is 4.04. The smallest absolute Gasteiger partial charge is 0.0712 e. The van der Waals surface area contributed by atoms with Crippen LogP contribution in [-0.2, 0) is 12.8 Å². The first kappa shape index (κ1) is 21.0. The molecule has 4 aromatic rings. The molecular formula is C29H30N2. The van der Waals surface area contributed by atoms with Crippen LogP contribution in [0.5, 0.6) is 0 Å². The van der Waals surface area contributed by atoms with Gasteiger partial charge in [0.15, 0.2) is 0 Å². The summed E-state index contributed by atoms with van der Waals surface area (Å²) in [5.41, 5.74) is 8.16. The van der Waals surface area contributed by atoms with Gasteiger partial charge in [-0.1, -0.05) is 67.4 Å². The Morgan fingerprint density at radius 2 is 1.32 bits per heavy atom. The van der Waals surface area contributed by atoms with Crippen LogP contribution in [0.2, 0.25) is 0 Å². The van der Waals surface area contributed by atoms with Gasteiger partial charge < -0.3 is 0 Å². The molecule has 0 N–H and O–H groups in total. The van der Waals surface area contributed by atoms with E-state index in [4.69, 9.17) is 4.98 Å². The van der Waals surface area contributed by atoms with Crippen molar-refractivity contribution in [2.75, 3.05) is 0 Å². The summed E-state index contributed by atoms with van der Waals surface area (Å²) in [6, 6.07) is 29.9. The summed E-state index contributed by atoms with van der Waals surface area (Å²) in [6.45, 7) is 2.05. The fraction of sp³-hybridized carbons (Fsp3) is 0.241. The zero-order valence-corrected chi connectivity index (χ0v) is 18.3. The number of hydrogen-bond acceptors (Lipinski definition) is 2. The van der Waals surface area contributed by atoms with Crippen molar-refractivity contribution < 1.29 is 0 Å². The molecule has 2 nitrogen and oxygen atoms in total. The fourth-order valence-electron chi connectivity index (χ4n) is 4.04. The molecule has 0 aliphatic rings. The Hall–Kier alpha value is -3.26. The summed E-state index contributed by atoms with van der Waals surface area (Å²) in [6.07, 6.45) is 9.23. The van der Waals surface area contributed by atoms with Crippen LogP contribution in [0.4, 0.5) is 0 Å². The Morgan fingerprint density at radius 1 is 0.581 bits per heavy atom. The van der Waals surface area contributed by atoms with Gasteiger partial charge in [0, 0.05) is 23.0 Å². The molecule has 0 radical (unpaired) electrons.